The maximum absolute atomic E-state index is 12.1. The van der Waals surface area contributed by atoms with E-state index in [1.807, 2.05) is 43.3 Å². The van der Waals surface area contributed by atoms with Crippen molar-refractivity contribution in [3.8, 4) is 23.0 Å². The van der Waals surface area contributed by atoms with Crippen LogP contribution in [0.15, 0.2) is 66.9 Å². The molecule has 0 unspecified atom stereocenters. The molecule has 4 rings (SSSR count). The van der Waals surface area contributed by atoms with Gasteiger partial charge >= 0.3 is 6.09 Å². The number of pyridine rings is 1. The summed E-state index contributed by atoms with van der Waals surface area (Å²) in [5, 5.41) is 2.69. The Kier molecular flexibility index (Phi) is 5.07. The predicted molar refractivity (Wildman–Crippen MR) is 109 cm³/mol. The predicted octanol–water partition coefficient (Wildman–Crippen LogP) is 4.28. The fourth-order valence-electron chi connectivity index (χ4n) is 3.54. The summed E-state index contributed by atoms with van der Waals surface area (Å²) in [6, 6.07) is 20.3. The molecule has 0 radical (unpaired) electrons. The summed E-state index contributed by atoms with van der Waals surface area (Å²) >= 11 is 0. The molecule has 4 heteroatoms. The topological polar surface area (TPSA) is 51.2 Å². The van der Waals surface area contributed by atoms with Gasteiger partial charge in [-0.2, -0.15) is 0 Å². The van der Waals surface area contributed by atoms with Gasteiger partial charge in [0.15, 0.2) is 0 Å². The van der Waals surface area contributed by atoms with E-state index in [9.17, 15) is 4.79 Å². The Morgan fingerprint density at radius 2 is 1.75 bits per heavy atom. The molecule has 28 heavy (non-hydrogen) atoms. The van der Waals surface area contributed by atoms with E-state index in [0.29, 0.717) is 6.61 Å². The number of nitrogens with zero attached hydrogens (tertiary/aromatic N) is 1. The number of amides is 1. The van der Waals surface area contributed by atoms with E-state index in [-0.39, 0.29) is 12.5 Å². The number of aryl methyl sites for hydroxylation is 1. The normalized spacial score (nSPS) is 11.8. The second kappa shape index (κ2) is 7.98. The van der Waals surface area contributed by atoms with Crippen LogP contribution in [0.1, 0.15) is 28.3 Å². The lowest BCUT2D eigenvalue weighted by atomic mass is 9.98. The number of ether oxygens (including phenoxy) is 1. The molecule has 0 spiro atoms. The van der Waals surface area contributed by atoms with Crippen molar-refractivity contribution >= 4 is 6.09 Å². The number of hydrogen-bond acceptors (Lipinski definition) is 3. The van der Waals surface area contributed by atoms with Gasteiger partial charge in [0.1, 0.15) is 6.61 Å². The van der Waals surface area contributed by atoms with Crippen LogP contribution < -0.4 is 5.32 Å². The van der Waals surface area contributed by atoms with Gasteiger partial charge in [-0.05, 0) is 41.3 Å². The van der Waals surface area contributed by atoms with Gasteiger partial charge in [0.05, 0.1) is 6.54 Å². The molecule has 2 aromatic carbocycles. The maximum atomic E-state index is 12.1. The van der Waals surface area contributed by atoms with Gasteiger partial charge in [0.2, 0.25) is 0 Å². The zero-order valence-electron chi connectivity index (χ0n) is 15.6. The molecular formula is C24H20N2O2. The highest BCUT2D eigenvalue weighted by Crippen LogP contribution is 2.44. The van der Waals surface area contributed by atoms with Crippen LogP contribution in [0.3, 0.4) is 0 Å². The molecule has 0 aliphatic heterocycles. The van der Waals surface area contributed by atoms with E-state index in [0.717, 1.165) is 11.3 Å². The number of carbonyl (C=O) groups excluding carboxylic acids is 1. The standard InChI is InChI=1S/C24H20N2O2/c1-17-15-18(12-14-25-17)7-6-13-26-24(27)28-16-23-21-10-4-2-8-19(21)20-9-3-5-11-22(20)23/h2-5,8-12,14-15,23H,13,16H2,1H3,(H,26,27). The van der Waals surface area contributed by atoms with Gasteiger partial charge in [-0.1, -0.05) is 60.4 Å². The first-order valence-electron chi connectivity index (χ1n) is 9.23. The first kappa shape index (κ1) is 17.8. The summed E-state index contributed by atoms with van der Waals surface area (Å²) in [6.07, 6.45) is 1.26. The summed E-state index contributed by atoms with van der Waals surface area (Å²) < 4.78 is 5.48. The minimum absolute atomic E-state index is 0.0593. The van der Waals surface area contributed by atoms with Crippen LogP contribution in [0.5, 0.6) is 0 Å². The first-order valence-corrected chi connectivity index (χ1v) is 9.23. The summed E-state index contributed by atoms with van der Waals surface area (Å²) in [5.74, 6) is 5.99. The lowest BCUT2D eigenvalue weighted by molar-refractivity contribution is 0.144. The van der Waals surface area contributed by atoms with Crippen molar-refractivity contribution < 1.29 is 9.53 Å². The number of alkyl carbamates (subject to hydrolysis) is 1. The second-order valence-corrected chi connectivity index (χ2v) is 6.67. The average molecular weight is 368 g/mol. The summed E-state index contributed by atoms with van der Waals surface area (Å²) in [7, 11) is 0. The lowest BCUT2D eigenvalue weighted by Crippen LogP contribution is -2.26. The van der Waals surface area contributed by atoms with Gasteiger partial charge in [0.25, 0.3) is 0 Å². The molecule has 3 aromatic rings. The third-order valence-electron chi connectivity index (χ3n) is 4.79. The monoisotopic (exact) mass is 368 g/mol. The van der Waals surface area contributed by atoms with Crippen molar-refractivity contribution in [3.63, 3.8) is 0 Å². The number of hydrogen-bond donors (Lipinski definition) is 1. The van der Waals surface area contributed by atoms with Crippen LogP contribution in [0.25, 0.3) is 11.1 Å². The quantitative estimate of drug-likeness (QED) is 0.702. The lowest BCUT2D eigenvalue weighted by Gasteiger charge is -2.14. The van der Waals surface area contributed by atoms with Crippen molar-refractivity contribution in [2.75, 3.05) is 13.2 Å². The molecule has 0 saturated heterocycles. The minimum Gasteiger partial charge on any atom is -0.449 e. The number of benzene rings is 2. The Balaban J connectivity index is 1.35. The van der Waals surface area contributed by atoms with E-state index in [1.54, 1.807) is 6.20 Å². The van der Waals surface area contributed by atoms with E-state index in [4.69, 9.17) is 4.74 Å². The van der Waals surface area contributed by atoms with Crippen molar-refractivity contribution in [1.29, 1.82) is 0 Å². The Morgan fingerprint density at radius 1 is 1.07 bits per heavy atom. The van der Waals surface area contributed by atoms with E-state index in [1.165, 1.54) is 22.3 Å². The van der Waals surface area contributed by atoms with Crippen LogP contribution in [0.4, 0.5) is 4.79 Å². The highest BCUT2D eigenvalue weighted by Gasteiger charge is 2.28. The largest absolute Gasteiger partial charge is 0.449 e. The summed E-state index contributed by atoms with van der Waals surface area (Å²) in [6.45, 7) is 2.45. The molecule has 1 aliphatic rings. The highest BCUT2D eigenvalue weighted by atomic mass is 16.5. The molecule has 0 fully saturated rings. The Hall–Kier alpha value is -3.58. The van der Waals surface area contributed by atoms with Crippen molar-refractivity contribution in [3.05, 3.63) is 89.2 Å². The van der Waals surface area contributed by atoms with Gasteiger partial charge in [0, 0.05) is 23.4 Å². The van der Waals surface area contributed by atoms with Crippen LogP contribution in [-0.4, -0.2) is 24.2 Å². The van der Waals surface area contributed by atoms with Gasteiger partial charge < -0.3 is 10.1 Å². The molecule has 1 amide bonds. The van der Waals surface area contributed by atoms with Gasteiger partial charge in [-0.15, -0.1) is 0 Å². The average Bonchev–Trinajstić information content (AvgIpc) is 3.04. The molecule has 1 heterocycles. The second-order valence-electron chi connectivity index (χ2n) is 6.67. The zero-order valence-corrected chi connectivity index (χ0v) is 15.6. The fraction of sp³-hybridized carbons (Fsp3) is 0.167. The van der Waals surface area contributed by atoms with Crippen molar-refractivity contribution in [1.82, 2.24) is 10.3 Å². The molecule has 4 nitrogen and oxygen atoms in total. The molecule has 1 aromatic heterocycles. The number of rotatable bonds is 3. The maximum Gasteiger partial charge on any atom is 0.407 e. The van der Waals surface area contributed by atoms with Crippen LogP contribution in [-0.2, 0) is 4.74 Å². The molecule has 0 atom stereocenters. The molecule has 0 saturated carbocycles. The Labute approximate surface area is 164 Å². The van der Waals surface area contributed by atoms with Gasteiger partial charge in [-0.25, -0.2) is 4.79 Å². The van der Waals surface area contributed by atoms with E-state index >= 15 is 0 Å². The molecule has 1 aliphatic carbocycles. The third kappa shape index (κ3) is 3.74. The van der Waals surface area contributed by atoms with Crippen molar-refractivity contribution in [2.24, 2.45) is 0 Å². The highest BCUT2D eigenvalue weighted by molar-refractivity contribution is 5.79. The number of carbonyl (C=O) groups is 1. The number of nitrogens with one attached hydrogen (secondary N) is 1. The van der Waals surface area contributed by atoms with Crippen LogP contribution in [0.2, 0.25) is 0 Å². The molecule has 138 valence electrons. The molecule has 0 bridgehead atoms. The fourth-order valence-corrected chi connectivity index (χ4v) is 3.54. The summed E-state index contributed by atoms with van der Waals surface area (Å²) in [5.41, 5.74) is 6.61. The number of fused-ring (bicyclic) bond motifs is 3. The Morgan fingerprint density at radius 3 is 2.43 bits per heavy atom. The van der Waals surface area contributed by atoms with E-state index in [2.05, 4.69) is 46.4 Å². The smallest absolute Gasteiger partial charge is 0.407 e. The SMILES string of the molecule is Cc1cc(C#CCNC(=O)OCC2c3ccccc3-c3ccccc32)ccn1. The minimum atomic E-state index is -0.456. The molecule has 1 N–H and O–H groups in total. The zero-order chi connectivity index (χ0) is 19.3. The van der Waals surface area contributed by atoms with Gasteiger partial charge in [-0.3, -0.25) is 4.98 Å². The van der Waals surface area contributed by atoms with E-state index < -0.39 is 6.09 Å². The third-order valence-corrected chi connectivity index (χ3v) is 4.79. The molecular weight excluding hydrogens is 348 g/mol. The first-order chi connectivity index (χ1) is 13.7. The van der Waals surface area contributed by atoms with Crippen molar-refractivity contribution in [2.45, 2.75) is 12.8 Å². The number of aromatic nitrogens is 1. The van der Waals surface area contributed by atoms with Crippen LogP contribution in [0, 0.1) is 18.8 Å². The Bertz CT molecular complexity index is 1030. The summed E-state index contributed by atoms with van der Waals surface area (Å²) in [4.78, 5) is 16.2. The van der Waals surface area contributed by atoms with Crippen LogP contribution >= 0.6 is 0 Å².